The van der Waals surface area contributed by atoms with E-state index in [-0.39, 0.29) is 0 Å². The Morgan fingerprint density at radius 1 is 1.42 bits per heavy atom. The summed E-state index contributed by atoms with van der Waals surface area (Å²) in [4.78, 5) is 0. The Kier molecular flexibility index (Phi) is 3.91. The van der Waals surface area contributed by atoms with Gasteiger partial charge in [-0.25, -0.2) is 0 Å². The van der Waals surface area contributed by atoms with Gasteiger partial charge in [-0.1, -0.05) is 24.6 Å². The molecule has 2 N–H and O–H groups in total. The fourth-order valence-corrected chi connectivity index (χ4v) is 2.25. The summed E-state index contributed by atoms with van der Waals surface area (Å²) in [7, 11) is 1.81. The van der Waals surface area contributed by atoms with Gasteiger partial charge in [-0.05, 0) is 43.0 Å². The molecule has 1 aliphatic carbocycles. The van der Waals surface area contributed by atoms with E-state index in [0.717, 1.165) is 24.4 Å². The Morgan fingerprint density at radius 3 is 2.84 bits per heavy atom. The van der Waals surface area contributed by atoms with E-state index in [1.165, 1.54) is 16.7 Å². The Bertz CT molecular complexity index is 589. The number of hydrogen-bond donors (Lipinski definition) is 2. The molecule has 0 radical (unpaired) electrons. The molecule has 0 bridgehead atoms. The predicted octanol–water partition coefficient (Wildman–Crippen LogP) is 3.42. The minimum Gasteiger partial charge on any atom is -0.374 e. The van der Waals surface area contributed by atoms with Gasteiger partial charge in [0, 0.05) is 12.7 Å². The first kappa shape index (κ1) is 13.2. The maximum atomic E-state index is 8.94. The molecule has 3 heteroatoms. The molecule has 1 aromatic carbocycles. The number of anilines is 1. The first-order valence-electron chi connectivity index (χ1n) is 6.56. The van der Waals surface area contributed by atoms with Gasteiger partial charge in [0.25, 0.3) is 0 Å². The molecule has 0 amide bonds. The third kappa shape index (κ3) is 2.79. The SMILES string of the molecule is CCC1=Cc2cc(N/C(NC)=C(/C)C#N)ccc2C1. The molecule has 0 spiro atoms. The van der Waals surface area contributed by atoms with E-state index in [4.69, 9.17) is 5.26 Å². The Balaban J connectivity index is 2.25. The summed E-state index contributed by atoms with van der Waals surface area (Å²) in [6.45, 7) is 3.98. The van der Waals surface area contributed by atoms with Crippen molar-refractivity contribution in [2.24, 2.45) is 0 Å². The molecule has 0 heterocycles. The summed E-state index contributed by atoms with van der Waals surface area (Å²) in [5.74, 6) is 0.750. The molecule has 3 nitrogen and oxygen atoms in total. The topological polar surface area (TPSA) is 47.8 Å². The summed E-state index contributed by atoms with van der Waals surface area (Å²) in [6, 6.07) is 8.51. The number of nitrogens with zero attached hydrogens (tertiary/aromatic N) is 1. The van der Waals surface area contributed by atoms with Crippen LogP contribution in [-0.2, 0) is 6.42 Å². The third-order valence-corrected chi connectivity index (χ3v) is 3.44. The Hall–Kier alpha value is -2.21. The van der Waals surface area contributed by atoms with Crippen LogP contribution in [0.4, 0.5) is 5.69 Å². The second-order valence-electron chi connectivity index (χ2n) is 4.73. The molecule has 1 aromatic rings. The van der Waals surface area contributed by atoms with Crippen LogP contribution in [0.2, 0.25) is 0 Å². The van der Waals surface area contributed by atoms with Crippen LogP contribution in [0, 0.1) is 11.3 Å². The lowest BCUT2D eigenvalue weighted by molar-refractivity contribution is 0.977. The average Bonchev–Trinajstić information content (AvgIpc) is 2.86. The second-order valence-corrected chi connectivity index (χ2v) is 4.73. The molecule has 0 saturated carbocycles. The van der Waals surface area contributed by atoms with E-state index in [9.17, 15) is 0 Å². The first-order chi connectivity index (χ1) is 9.17. The van der Waals surface area contributed by atoms with E-state index in [0.29, 0.717) is 5.57 Å². The number of hydrogen-bond acceptors (Lipinski definition) is 3. The minimum absolute atomic E-state index is 0.646. The van der Waals surface area contributed by atoms with E-state index < -0.39 is 0 Å². The van der Waals surface area contributed by atoms with Crippen molar-refractivity contribution in [3.05, 3.63) is 46.3 Å². The Morgan fingerprint density at radius 2 is 2.21 bits per heavy atom. The highest BCUT2D eigenvalue weighted by molar-refractivity contribution is 5.68. The molecule has 0 fully saturated rings. The van der Waals surface area contributed by atoms with Gasteiger partial charge in [-0.2, -0.15) is 5.26 Å². The van der Waals surface area contributed by atoms with Gasteiger partial charge >= 0.3 is 0 Å². The van der Waals surface area contributed by atoms with Crippen LogP contribution in [-0.4, -0.2) is 7.05 Å². The maximum absolute atomic E-state index is 8.94. The standard InChI is InChI=1S/C16H19N3/c1-4-12-7-13-5-6-15(9-14(13)8-12)19-16(18-3)11(2)10-17/h5-6,8-9,18-19H,4,7H2,1-3H3/b16-11-. The molecule has 98 valence electrons. The molecule has 0 unspecified atom stereocenters. The zero-order valence-electron chi connectivity index (χ0n) is 11.7. The van der Waals surface area contributed by atoms with Gasteiger partial charge in [0.05, 0.1) is 11.6 Å². The number of nitrogens with one attached hydrogen (secondary N) is 2. The highest BCUT2D eigenvalue weighted by atomic mass is 15.1. The normalized spacial score (nSPS) is 14.1. The minimum atomic E-state index is 0.646. The van der Waals surface area contributed by atoms with E-state index in [1.54, 1.807) is 6.92 Å². The van der Waals surface area contributed by atoms with Crippen LogP contribution < -0.4 is 10.6 Å². The van der Waals surface area contributed by atoms with Gasteiger partial charge < -0.3 is 10.6 Å². The second kappa shape index (κ2) is 5.62. The van der Waals surface area contributed by atoms with Crippen molar-refractivity contribution in [3.63, 3.8) is 0 Å². The van der Waals surface area contributed by atoms with E-state index in [1.807, 2.05) is 7.05 Å². The molecular formula is C16H19N3. The van der Waals surface area contributed by atoms with Crippen molar-refractivity contribution >= 4 is 11.8 Å². The van der Waals surface area contributed by atoms with E-state index >= 15 is 0 Å². The number of allylic oxidation sites excluding steroid dienone is 2. The molecule has 0 atom stereocenters. The highest BCUT2D eigenvalue weighted by Gasteiger charge is 2.12. The lowest BCUT2D eigenvalue weighted by atomic mass is 10.1. The van der Waals surface area contributed by atoms with Gasteiger partial charge in [0.2, 0.25) is 0 Å². The van der Waals surface area contributed by atoms with Crippen LogP contribution in [0.25, 0.3) is 6.08 Å². The smallest absolute Gasteiger partial charge is 0.117 e. The number of nitriles is 1. The predicted molar refractivity (Wildman–Crippen MR) is 79.4 cm³/mol. The van der Waals surface area contributed by atoms with Gasteiger partial charge in [-0.15, -0.1) is 0 Å². The Labute approximate surface area is 114 Å². The summed E-state index contributed by atoms with van der Waals surface area (Å²) < 4.78 is 0. The van der Waals surface area contributed by atoms with Crippen molar-refractivity contribution in [3.8, 4) is 6.07 Å². The van der Waals surface area contributed by atoms with Crippen LogP contribution >= 0.6 is 0 Å². The molecule has 1 aliphatic rings. The fourth-order valence-electron chi connectivity index (χ4n) is 2.25. The average molecular weight is 253 g/mol. The van der Waals surface area contributed by atoms with Gasteiger partial charge in [0.15, 0.2) is 0 Å². The van der Waals surface area contributed by atoms with E-state index in [2.05, 4.69) is 47.9 Å². The molecule has 0 aromatic heterocycles. The van der Waals surface area contributed by atoms with Crippen molar-refractivity contribution in [2.75, 3.05) is 12.4 Å². The summed E-state index contributed by atoms with van der Waals surface area (Å²) >= 11 is 0. The highest BCUT2D eigenvalue weighted by Crippen LogP contribution is 2.29. The zero-order valence-corrected chi connectivity index (χ0v) is 11.7. The number of fused-ring (bicyclic) bond motifs is 1. The molecule has 2 rings (SSSR count). The summed E-state index contributed by atoms with van der Waals surface area (Å²) in [5.41, 5.74) is 5.80. The van der Waals surface area contributed by atoms with Crippen molar-refractivity contribution < 1.29 is 0 Å². The number of benzene rings is 1. The zero-order chi connectivity index (χ0) is 13.8. The summed E-state index contributed by atoms with van der Waals surface area (Å²) in [6.07, 6.45) is 4.44. The van der Waals surface area contributed by atoms with Crippen LogP contribution in [0.15, 0.2) is 35.2 Å². The van der Waals surface area contributed by atoms with Gasteiger partial charge in [0.1, 0.15) is 5.82 Å². The molecular weight excluding hydrogens is 234 g/mol. The third-order valence-electron chi connectivity index (χ3n) is 3.44. The van der Waals surface area contributed by atoms with Crippen LogP contribution in [0.3, 0.4) is 0 Å². The number of rotatable bonds is 4. The molecule has 0 saturated heterocycles. The van der Waals surface area contributed by atoms with Crippen molar-refractivity contribution in [2.45, 2.75) is 26.7 Å². The van der Waals surface area contributed by atoms with Crippen molar-refractivity contribution in [1.29, 1.82) is 5.26 Å². The monoisotopic (exact) mass is 253 g/mol. The largest absolute Gasteiger partial charge is 0.374 e. The summed E-state index contributed by atoms with van der Waals surface area (Å²) in [5, 5.41) is 15.2. The fraction of sp³-hybridized carbons (Fsp3) is 0.312. The van der Waals surface area contributed by atoms with Crippen LogP contribution in [0.5, 0.6) is 0 Å². The lowest BCUT2D eigenvalue weighted by Crippen LogP contribution is -2.16. The van der Waals surface area contributed by atoms with Crippen LogP contribution in [0.1, 0.15) is 31.4 Å². The molecule has 19 heavy (non-hydrogen) atoms. The first-order valence-corrected chi connectivity index (χ1v) is 6.56. The lowest BCUT2D eigenvalue weighted by Gasteiger charge is -2.12. The maximum Gasteiger partial charge on any atom is 0.117 e. The van der Waals surface area contributed by atoms with Gasteiger partial charge in [-0.3, -0.25) is 0 Å². The quantitative estimate of drug-likeness (QED) is 0.808. The van der Waals surface area contributed by atoms with Crippen molar-refractivity contribution in [1.82, 2.24) is 5.32 Å². The molecule has 0 aliphatic heterocycles.